The van der Waals surface area contributed by atoms with E-state index in [0.717, 1.165) is 5.82 Å². The molecule has 0 unspecified atom stereocenters. The lowest BCUT2D eigenvalue weighted by atomic mass is 10.1. The van der Waals surface area contributed by atoms with E-state index in [1.807, 2.05) is 17.8 Å². The largest absolute Gasteiger partial charge is 0.496 e. The van der Waals surface area contributed by atoms with Gasteiger partial charge in [0.25, 0.3) is 17.7 Å². The van der Waals surface area contributed by atoms with Crippen molar-refractivity contribution in [3.8, 4) is 5.75 Å². The molecule has 0 aliphatic carbocycles. The predicted molar refractivity (Wildman–Crippen MR) is 113 cm³/mol. The Bertz CT molecular complexity index is 1130. The summed E-state index contributed by atoms with van der Waals surface area (Å²) in [5.41, 5.74) is 1.79. The average Bonchev–Trinajstić information content (AvgIpc) is 3.30. The van der Waals surface area contributed by atoms with E-state index in [-0.39, 0.29) is 24.3 Å². The number of hydrogen-bond donors (Lipinski definition) is 1. The van der Waals surface area contributed by atoms with Crippen molar-refractivity contribution in [2.24, 2.45) is 7.05 Å². The van der Waals surface area contributed by atoms with Crippen LogP contribution in [0, 0.1) is 0 Å². The van der Waals surface area contributed by atoms with Gasteiger partial charge in [-0.3, -0.25) is 19.3 Å². The smallest absolute Gasteiger partial charge is 0.261 e. The van der Waals surface area contributed by atoms with E-state index in [4.69, 9.17) is 4.74 Å². The Morgan fingerprint density at radius 1 is 1.10 bits per heavy atom. The van der Waals surface area contributed by atoms with Crippen molar-refractivity contribution in [2.45, 2.75) is 13.0 Å². The number of imidazole rings is 1. The number of rotatable bonds is 7. The van der Waals surface area contributed by atoms with Gasteiger partial charge in [0.05, 0.1) is 30.3 Å². The number of nitrogens with zero attached hydrogens (tertiary/aromatic N) is 3. The third-order valence-electron chi connectivity index (χ3n) is 5.28. The van der Waals surface area contributed by atoms with Crippen LogP contribution in [-0.4, -0.2) is 45.8 Å². The van der Waals surface area contributed by atoms with Gasteiger partial charge in [0.15, 0.2) is 0 Å². The third kappa shape index (κ3) is 3.92. The fourth-order valence-corrected chi connectivity index (χ4v) is 3.62. The fraction of sp³-hybridized carbons (Fsp3) is 0.217. The molecule has 8 heteroatoms. The molecule has 3 amide bonds. The summed E-state index contributed by atoms with van der Waals surface area (Å²) in [4.78, 5) is 43.5. The number of hydrogen-bond acceptors (Lipinski definition) is 5. The number of carbonyl (C=O) groups is 3. The van der Waals surface area contributed by atoms with Gasteiger partial charge in [-0.2, -0.15) is 0 Å². The molecule has 0 spiro atoms. The van der Waals surface area contributed by atoms with E-state index in [1.54, 1.807) is 48.7 Å². The molecule has 0 bridgehead atoms. The Hall–Kier alpha value is -3.94. The molecule has 0 radical (unpaired) electrons. The lowest BCUT2D eigenvalue weighted by Gasteiger charge is -2.16. The number of aromatic nitrogens is 2. The minimum atomic E-state index is -0.336. The van der Waals surface area contributed by atoms with E-state index >= 15 is 0 Å². The van der Waals surface area contributed by atoms with Gasteiger partial charge in [0.2, 0.25) is 0 Å². The van der Waals surface area contributed by atoms with Crippen LogP contribution >= 0.6 is 0 Å². The molecule has 0 atom stereocenters. The number of imide groups is 1. The lowest BCUT2D eigenvalue weighted by molar-refractivity contribution is 0.0642. The standard InChI is InChI=1S/C23H22N4O4/c1-26-12-11-24-20(26)9-10-25-21(28)18-13-15(7-8-19(18)31-2)14-27-22(29)16-5-3-4-6-17(16)23(27)30/h3-8,11-13H,9-10,14H2,1-2H3,(H,25,28). The van der Waals surface area contributed by atoms with Crippen molar-refractivity contribution in [3.05, 3.63) is 82.9 Å². The molecule has 1 N–H and O–H groups in total. The van der Waals surface area contributed by atoms with Gasteiger partial charge < -0.3 is 14.6 Å². The number of methoxy groups -OCH3 is 1. The highest BCUT2D eigenvalue weighted by Gasteiger charge is 2.35. The molecule has 2 heterocycles. The SMILES string of the molecule is COc1ccc(CN2C(=O)c3ccccc3C2=O)cc1C(=O)NCCc1nccn1C. The van der Waals surface area contributed by atoms with Crippen LogP contribution < -0.4 is 10.1 Å². The monoisotopic (exact) mass is 418 g/mol. The van der Waals surface area contributed by atoms with Crippen molar-refractivity contribution in [2.75, 3.05) is 13.7 Å². The Labute approximate surface area is 179 Å². The van der Waals surface area contributed by atoms with Crippen molar-refractivity contribution in [3.63, 3.8) is 0 Å². The fourth-order valence-electron chi connectivity index (χ4n) is 3.62. The molecule has 0 fully saturated rings. The zero-order valence-corrected chi connectivity index (χ0v) is 17.3. The number of nitrogens with one attached hydrogen (secondary N) is 1. The topological polar surface area (TPSA) is 93.5 Å². The van der Waals surface area contributed by atoms with Crippen LogP contribution in [0.1, 0.15) is 42.5 Å². The first-order valence-electron chi connectivity index (χ1n) is 9.86. The average molecular weight is 418 g/mol. The Morgan fingerprint density at radius 2 is 1.81 bits per heavy atom. The van der Waals surface area contributed by atoms with Crippen molar-refractivity contribution in [1.29, 1.82) is 0 Å². The van der Waals surface area contributed by atoms with Crippen molar-refractivity contribution < 1.29 is 19.1 Å². The molecule has 1 aromatic heterocycles. The van der Waals surface area contributed by atoms with E-state index < -0.39 is 0 Å². The number of ether oxygens (including phenoxy) is 1. The zero-order chi connectivity index (χ0) is 22.0. The highest BCUT2D eigenvalue weighted by Crippen LogP contribution is 2.26. The van der Waals surface area contributed by atoms with Gasteiger partial charge in [-0.05, 0) is 29.8 Å². The van der Waals surface area contributed by atoms with Crippen LogP contribution in [0.3, 0.4) is 0 Å². The first-order chi connectivity index (χ1) is 15.0. The Kier molecular flexibility index (Phi) is 5.53. The normalized spacial score (nSPS) is 12.8. The van der Waals surface area contributed by atoms with Crippen LogP contribution in [0.4, 0.5) is 0 Å². The molecule has 0 saturated heterocycles. The van der Waals surface area contributed by atoms with Gasteiger partial charge >= 0.3 is 0 Å². The lowest BCUT2D eigenvalue weighted by Crippen LogP contribution is -2.30. The predicted octanol–water partition coefficient (Wildman–Crippen LogP) is 2.20. The molecule has 4 rings (SSSR count). The number of carbonyl (C=O) groups excluding carboxylic acids is 3. The molecular formula is C23H22N4O4. The highest BCUT2D eigenvalue weighted by molar-refractivity contribution is 6.21. The van der Waals surface area contributed by atoms with E-state index in [0.29, 0.717) is 41.0 Å². The van der Waals surface area contributed by atoms with Crippen molar-refractivity contribution in [1.82, 2.24) is 19.8 Å². The second-order valence-electron chi connectivity index (χ2n) is 7.24. The van der Waals surface area contributed by atoms with Gasteiger partial charge in [0.1, 0.15) is 11.6 Å². The molecule has 1 aliphatic heterocycles. The zero-order valence-electron chi connectivity index (χ0n) is 17.3. The van der Waals surface area contributed by atoms with Crippen molar-refractivity contribution >= 4 is 17.7 Å². The van der Waals surface area contributed by atoms with Gasteiger partial charge in [0, 0.05) is 32.4 Å². The molecule has 0 saturated carbocycles. The molecule has 8 nitrogen and oxygen atoms in total. The number of amides is 3. The molecule has 2 aromatic carbocycles. The van der Waals surface area contributed by atoms with Crippen LogP contribution in [-0.2, 0) is 20.0 Å². The van der Waals surface area contributed by atoms with Crippen LogP contribution in [0.15, 0.2) is 54.9 Å². The van der Waals surface area contributed by atoms with Crippen LogP contribution in [0.5, 0.6) is 5.75 Å². The maximum atomic E-state index is 12.8. The molecule has 1 aliphatic rings. The molecule has 158 valence electrons. The highest BCUT2D eigenvalue weighted by atomic mass is 16.5. The van der Waals surface area contributed by atoms with Gasteiger partial charge in [-0.1, -0.05) is 18.2 Å². The summed E-state index contributed by atoms with van der Waals surface area (Å²) >= 11 is 0. The molecular weight excluding hydrogens is 396 g/mol. The summed E-state index contributed by atoms with van der Waals surface area (Å²) in [5.74, 6) is 0.317. The number of benzene rings is 2. The number of aryl methyl sites for hydroxylation is 1. The maximum Gasteiger partial charge on any atom is 0.261 e. The minimum absolute atomic E-state index is 0.0733. The summed E-state index contributed by atoms with van der Waals surface area (Å²) in [6, 6.07) is 11.8. The summed E-state index contributed by atoms with van der Waals surface area (Å²) in [6.07, 6.45) is 4.15. The second-order valence-corrected chi connectivity index (χ2v) is 7.24. The first kappa shape index (κ1) is 20.3. The quantitative estimate of drug-likeness (QED) is 0.594. The van der Waals surface area contributed by atoms with E-state index in [2.05, 4.69) is 10.3 Å². The van der Waals surface area contributed by atoms with Crippen LogP contribution in [0.2, 0.25) is 0 Å². The van der Waals surface area contributed by atoms with E-state index in [1.165, 1.54) is 12.0 Å². The second kappa shape index (κ2) is 8.43. The first-order valence-corrected chi connectivity index (χ1v) is 9.86. The summed E-state index contributed by atoms with van der Waals surface area (Å²) in [6.45, 7) is 0.485. The number of fused-ring (bicyclic) bond motifs is 1. The Balaban J connectivity index is 1.49. The molecule has 3 aromatic rings. The van der Waals surface area contributed by atoms with Crippen LogP contribution in [0.25, 0.3) is 0 Å². The molecule has 31 heavy (non-hydrogen) atoms. The Morgan fingerprint density at radius 3 is 2.42 bits per heavy atom. The van der Waals surface area contributed by atoms with Gasteiger partial charge in [-0.25, -0.2) is 4.98 Å². The van der Waals surface area contributed by atoms with E-state index in [9.17, 15) is 14.4 Å². The minimum Gasteiger partial charge on any atom is -0.496 e. The maximum absolute atomic E-state index is 12.8. The summed E-state index contributed by atoms with van der Waals surface area (Å²) < 4.78 is 7.23. The summed E-state index contributed by atoms with van der Waals surface area (Å²) in [5, 5.41) is 2.87. The summed E-state index contributed by atoms with van der Waals surface area (Å²) in [7, 11) is 3.39. The third-order valence-corrected chi connectivity index (χ3v) is 5.28. The van der Waals surface area contributed by atoms with Gasteiger partial charge in [-0.15, -0.1) is 0 Å².